The Morgan fingerprint density at radius 3 is 2.40 bits per heavy atom. The monoisotopic (exact) mass is 297 g/mol. The third-order valence-electron chi connectivity index (χ3n) is 3.01. The predicted molar refractivity (Wildman–Crippen MR) is 72.1 cm³/mol. The summed E-state index contributed by atoms with van der Waals surface area (Å²) < 4.78 is 26.0. The lowest BCUT2D eigenvalue weighted by molar-refractivity contribution is -0.134. The van der Waals surface area contributed by atoms with Crippen LogP contribution in [-0.4, -0.2) is 37.6 Å². The van der Waals surface area contributed by atoms with Crippen LogP contribution in [0.4, 0.5) is 5.69 Å². The molecule has 1 aliphatic heterocycles. The number of hydrogen-bond acceptors (Lipinski definition) is 5. The number of carbonyl (C=O) groups excluding carboxylic acids is 2. The van der Waals surface area contributed by atoms with Crippen molar-refractivity contribution in [2.75, 3.05) is 18.8 Å². The van der Waals surface area contributed by atoms with E-state index in [4.69, 9.17) is 5.73 Å². The lowest BCUT2D eigenvalue weighted by Crippen LogP contribution is -2.53. The molecule has 0 atom stereocenters. The number of nitrogen functional groups attached to an aromatic ring is 1. The fraction of sp³-hybridized carbons (Fsp3) is 0.333. The zero-order valence-electron chi connectivity index (χ0n) is 10.9. The van der Waals surface area contributed by atoms with Gasteiger partial charge in [0.1, 0.15) is 0 Å². The summed E-state index contributed by atoms with van der Waals surface area (Å²) in [4.78, 5) is 22.7. The molecule has 1 aromatic carbocycles. The van der Waals surface area contributed by atoms with Crippen molar-refractivity contribution in [1.82, 2.24) is 9.62 Å². The Labute approximate surface area is 116 Å². The number of imide groups is 1. The molecule has 1 saturated heterocycles. The van der Waals surface area contributed by atoms with Gasteiger partial charge in [-0.05, 0) is 24.1 Å². The topological polar surface area (TPSA) is 110 Å². The number of piperazine rings is 1. The molecule has 0 aliphatic carbocycles. The second-order valence-electron chi connectivity index (χ2n) is 4.47. The van der Waals surface area contributed by atoms with E-state index in [2.05, 4.69) is 5.32 Å². The molecule has 0 radical (unpaired) electrons. The first-order valence-corrected chi connectivity index (χ1v) is 7.50. The largest absolute Gasteiger partial charge is 0.399 e. The predicted octanol–water partition coefficient (Wildman–Crippen LogP) is -0.522. The van der Waals surface area contributed by atoms with E-state index < -0.39 is 21.8 Å². The maximum atomic E-state index is 12.5. The third kappa shape index (κ3) is 2.66. The summed E-state index contributed by atoms with van der Waals surface area (Å²) in [6.07, 6.45) is 0.503. The fourth-order valence-corrected chi connectivity index (χ4v) is 3.70. The van der Waals surface area contributed by atoms with E-state index in [-0.39, 0.29) is 18.0 Å². The van der Waals surface area contributed by atoms with E-state index in [1.54, 1.807) is 12.1 Å². The first-order valence-electron chi connectivity index (χ1n) is 6.06. The van der Waals surface area contributed by atoms with Crippen molar-refractivity contribution >= 4 is 27.5 Å². The number of aryl methyl sites for hydroxylation is 1. The molecular formula is C12H15N3O4S. The summed E-state index contributed by atoms with van der Waals surface area (Å²) in [5.41, 5.74) is 6.54. The summed E-state index contributed by atoms with van der Waals surface area (Å²) in [7, 11) is -3.92. The van der Waals surface area contributed by atoms with Crippen LogP contribution in [0, 0.1) is 0 Å². The molecule has 7 nitrogen and oxygen atoms in total. The minimum Gasteiger partial charge on any atom is -0.399 e. The van der Waals surface area contributed by atoms with E-state index >= 15 is 0 Å². The molecule has 0 unspecified atom stereocenters. The average Bonchev–Trinajstić information content (AvgIpc) is 2.37. The minimum atomic E-state index is -3.92. The van der Waals surface area contributed by atoms with Crippen molar-refractivity contribution in [1.29, 1.82) is 0 Å². The SMILES string of the molecule is CCc1ccc(N)cc1S(=O)(=O)N1CC(=O)NC(=O)C1. The molecule has 2 amide bonds. The number of rotatable bonds is 3. The molecular weight excluding hydrogens is 282 g/mol. The van der Waals surface area contributed by atoms with Gasteiger partial charge in [-0.1, -0.05) is 13.0 Å². The van der Waals surface area contributed by atoms with Gasteiger partial charge in [0, 0.05) is 5.69 Å². The second-order valence-corrected chi connectivity index (χ2v) is 6.37. The molecule has 108 valence electrons. The molecule has 0 saturated carbocycles. The summed E-state index contributed by atoms with van der Waals surface area (Å²) in [5.74, 6) is -1.27. The van der Waals surface area contributed by atoms with Crippen molar-refractivity contribution in [3.8, 4) is 0 Å². The molecule has 20 heavy (non-hydrogen) atoms. The Hall–Kier alpha value is -1.93. The molecule has 0 aromatic heterocycles. The molecule has 1 heterocycles. The van der Waals surface area contributed by atoms with Crippen LogP contribution in [-0.2, 0) is 26.0 Å². The normalized spacial score (nSPS) is 17.1. The van der Waals surface area contributed by atoms with Gasteiger partial charge in [-0.25, -0.2) is 8.42 Å². The van der Waals surface area contributed by atoms with Crippen LogP contribution < -0.4 is 11.1 Å². The number of nitrogens with zero attached hydrogens (tertiary/aromatic N) is 1. The number of nitrogens with two attached hydrogens (primary N) is 1. The highest BCUT2D eigenvalue weighted by Gasteiger charge is 2.34. The van der Waals surface area contributed by atoms with Crippen LogP contribution in [0.1, 0.15) is 12.5 Å². The highest BCUT2D eigenvalue weighted by atomic mass is 32.2. The first-order chi connectivity index (χ1) is 9.34. The summed E-state index contributed by atoms with van der Waals surface area (Å²) in [6, 6.07) is 4.60. The number of benzene rings is 1. The Kier molecular flexibility index (Phi) is 3.78. The van der Waals surface area contributed by atoms with Gasteiger partial charge in [-0.2, -0.15) is 4.31 Å². The Balaban J connectivity index is 2.47. The maximum Gasteiger partial charge on any atom is 0.244 e. The van der Waals surface area contributed by atoms with E-state index in [0.29, 0.717) is 17.7 Å². The fourth-order valence-electron chi connectivity index (χ4n) is 2.02. The van der Waals surface area contributed by atoms with Gasteiger partial charge in [0.15, 0.2) is 0 Å². The summed E-state index contributed by atoms with van der Waals surface area (Å²) in [5, 5.41) is 2.06. The molecule has 1 fully saturated rings. The second kappa shape index (κ2) is 5.22. The number of anilines is 1. The lowest BCUT2D eigenvalue weighted by Gasteiger charge is -2.25. The van der Waals surface area contributed by atoms with E-state index in [0.717, 1.165) is 4.31 Å². The average molecular weight is 297 g/mol. The highest BCUT2D eigenvalue weighted by Crippen LogP contribution is 2.23. The zero-order valence-corrected chi connectivity index (χ0v) is 11.7. The van der Waals surface area contributed by atoms with Gasteiger partial charge in [0.25, 0.3) is 0 Å². The van der Waals surface area contributed by atoms with Crippen molar-refractivity contribution in [2.45, 2.75) is 18.2 Å². The van der Waals surface area contributed by atoms with E-state index in [9.17, 15) is 18.0 Å². The van der Waals surface area contributed by atoms with Gasteiger partial charge in [-0.15, -0.1) is 0 Å². The molecule has 0 bridgehead atoms. The molecule has 8 heteroatoms. The number of hydrogen-bond donors (Lipinski definition) is 2. The quantitative estimate of drug-likeness (QED) is 0.576. The Bertz CT molecular complexity index is 653. The van der Waals surface area contributed by atoms with Crippen molar-refractivity contribution in [2.24, 2.45) is 0 Å². The van der Waals surface area contributed by atoms with Gasteiger partial charge in [-0.3, -0.25) is 14.9 Å². The van der Waals surface area contributed by atoms with Crippen molar-refractivity contribution in [3.63, 3.8) is 0 Å². The maximum absolute atomic E-state index is 12.5. The first kappa shape index (κ1) is 14.5. The number of nitrogens with one attached hydrogen (secondary N) is 1. The number of amides is 2. The van der Waals surface area contributed by atoms with Gasteiger partial charge in [0.05, 0.1) is 18.0 Å². The Morgan fingerprint density at radius 1 is 1.25 bits per heavy atom. The summed E-state index contributed by atoms with van der Waals surface area (Å²) in [6.45, 7) is 1.08. The van der Waals surface area contributed by atoms with E-state index in [1.807, 2.05) is 6.92 Å². The molecule has 3 N–H and O–H groups in total. The van der Waals surface area contributed by atoms with Crippen LogP contribution in [0.25, 0.3) is 0 Å². The summed E-state index contributed by atoms with van der Waals surface area (Å²) >= 11 is 0. The number of carbonyl (C=O) groups is 2. The van der Waals surface area contributed by atoms with Crippen LogP contribution >= 0.6 is 0 Å². The van der Waals surface area contributed by atoms with Crippen LogP contribution in [0.3, 0.4) is 0 Å². The van der Waals surface area contributed by atoms with Gasteiger partial charge in [0.2, 0.25) is 21.8 Å². The van der Waals surface area contributed by atoms with Crippen LogP contribution in [0.5, 0.6) is 0 Å². The van der Waals surface area contributed by atoms with E-state index in [1.165, 1.54) is 6.07 Å². The molecule has 1 aliphatic rings. The van der Waals surface area contributed by atoms with Crippen LogP contribution in [0.2, 0.25) is 0 Å². The standard InChI is InChI=1S/C12H15N3O4S/c1-2-8-3-4-9(13)5-10(8)20(18,19)15-6-11(16)14-12(17)7-15/h3-5H,2,6-7,13H2,1H3,(H,14,16,17). The molecule has 1 aromatic rings. The zero-order chi connectivity index (χ0) is 14.9. The van der Waals surface area contributed by atoms with Gasteiger partial charge >= 0.3 is 0 Å². The smallest absolute Gasteiger partial charge is 0.244 e. The van der Waals surface area contributed by atoms with Crippen molar-refractivity contribution in [3.05, 3.63) is 23.8 Å². The molecule has 0 spiro atoms. The van der Waals surface area contributed by atoms with Gasteiger partial charge < -0.3 is 5.73 Å². The van der Waals surface area contributed by atoms with Crippen molar-refractivity contribution < 1.29 is 18.0 Å². The minimum absolute atomic E-state index is 0.0440. The lowest BCUT2D eigenvalue weighted by atomic mass is 10.1. The van der Waals surface area contributed by atoms with Crippen LogP contribution in [0.15, 0.2) is 23.1 Å². The Morgan fingerprint density at radius 2 is 1.85 bits per heavy atom. The molecule has 2 rings (SSSR count). The number of sulfonamides is 1. The third-order valence-corrected chi connectivity index (χ3v) is 4.88. The highest BCUT2D eigenvalue weighted by molar-refractivity contribution is 7.89.